The molecule has 0 spiro atoms. The van der Waals surface area contributed by atoms with Gasteiger partial charge in [0.1, 0.15) is 6.10 Å². The number of anilines is 1. The summed E-state index contributed by atoms with van der Waals surface area (Å²) in [5.74, 6) is 0.590. The molecule has 1 fully saturated rings. The molecule has 5 nitrogen and oxygen atoms in total. The molecule has 0 aliphatic carbocycles. The number of carbonyl (C=O) groups excluding carboxylic acids is 1. The molecule has 1 aliphatic heterocycles. The molecular formula is C10H13N3O2. The maximum absolute atomic E-state index is 11.7. The number of nitrogens with zero attached hydrogens (tertiary/aromatic N) is 2. The molecule has 1 N–H and O–H groups in total. The van der Waals surface area contributed by atoms with Crippen LogP contribution in [0.3, 0.4) is 0 Å². The maximum Gasteiger partial charge on any atom is 0.254 e. The van der Waals surface area contributed by atoms with Crippen molar-refractivity contribution in [3.8, 4) is 0 Å². The van der Waals surface area contributed by atoms with Crippen LogP contribution in [0.25, 0.3) is 0 Å². The van der Waals surface area contributed by atoms with Crippen molar-refractivity contribution >= 4 is 11.7 Å². The van der Waals surface area contributed by atoms with Gasteiger partial charge in [0.25, 0.3) is 5.91 Å². The second kappa shape index (κ2) is 4.35. The zero-order valence-corrected chi connectivity index (χ0v) is 8.51. The van der Waals surface area contributed by atoms with Crippen molar-refractivity contribution in [2.24, 2.45) is 5.92 Å². The van der Waals surface area contributed by atoms with Gasteiger partial charge in [0.15, 0.2) is 5.82 Å². The van der Waals surface area contributed by atoms with E-state index in [0.29, 0.717) is 12.4 Å². The van der Waals surface area contributed by atoms with Gasteiger partial charge in [-0.2, -0.15) is 0 Å². The van der Waals surface area contributed by atoms with Crippen LogP contribution in [0.2, 0.25) is 0 Å². The Bertz CT molecular complexity index is 342. The Labute approximate surface area is 87.9 Å². The second-order valence-corrected chi connectivity index (χ2v) is 3.64. The van der Waals surface area contributed by atoms with Crippen LogP contribution < -0.4 is 5.32 Å². The molecule has 1 aliphatic rings. The van der Waals surface area contributed by atoms with Gasteiger partial charge >= 0.3 is 0 Å². The summed E-state index contributed by atoms with van der Waals surface area (Å²) in [5.41, 5.74) is 0. The summed E-state index contributed by atoms with van der Waals surface area (Å²) in [6.45, 7) is 2.66. The maximum atomic E-state index is 11.7. The molecule has 80 valence electrons. The zero-order chi connectivity index (χ0) is 10.7. The third-order valence-corrected chi connectivity index (χ3v) is 2.46. The molecule has 2 atom stereocenters. The minimum atomic E-state index is -0.355. The van der Waals surface area contributed by atoms with Crippen LogP contribution in [0.1, 0.15) is 13.3 Å². The van der Waals surface area contributed by atoms with E-state index in [1.54, 1.807) is 6.20 Å². The molecule has 1 saturated heterocycles. The molecular weight excluding hydrogens is 194 g/mol. The molecule has 0 aromatic carbocycles. The number of rotatable bonds is 2. The first kappa shape index (κ1) is 10.0. The first-order chi connectivity index (χ1) is 7.27. The normalized spacial score (nSPS) is 25.1. The van der Waals surface area contributed by atoms with E-state index in [1.165, 1.54) is 12.4 Å². The largest absolute Gasteiger partial charge is 0.368 e. The zero-order valence-electron chi connectivity index (χ0n) is 8.51. The Hall–Kier alpha value is -1.49. The average molecular weight is 207 g/mol. The molecule has 1 aromatic rings. The van der Waals surface area contributed by atoms with E-state index in [9.17, 15) is 4.79 Å². The van der Waals surface area contributed by atoms with Gasteiger partial charge in [-0.05, 0) is 12.3 Å². The monoisotopic (exact) mass is 207 g/mol. The van der Waals surface area contributed by atoms with E-state index >= 15 is 0 Å². The van der Waals surface area contributed by atoms with Gasteiger partial charge in [-0.3, -0.25) is 9.78 Å². The molecule has 1 aromatic heterocycles. The van der Waals surface area contributed by atoms with Crippen LogP contribution in [0.15, 0.2) is 18.6 Å². The lowest BCUT2D eigenvalue weighted by atomic mass is 10.0. The molecule has 0 saturated carbocycles. The van der Waals surface area contributed by atoms with Crippen LogP contribution in [0.5, 0.6) is 0 Å². The van der Waals surface area contributed by atoms with Crippen LogP contribution >= 0.6 is 0 Å². The molecule has 0 unspecified atom stereocenters. The van der Waals surface area contributed by atoms with E-state index in [-0.39, 0.29) is 17.9 Å². The summed E-state index contributed by atoms with van der Waals surface area (Å²) in [4.78, 5) is 19.6. The number of amides is 1. The topological polar surface area (TPSA) is 64.1 Å². The quantitative estimate of drug-likeness (QED) is 0.780. The molecule has 2 heterocycles. The van der Waals surface area contributed by atoms with Gasteiger partial charge in [0, 0.05) is 19.0 Å². The van der Waals surface area contributed by atoms with Gasteiger partial charge in [0.05, 0.1) is 6.20 Å². The lowest BCUT2D eigenvalue weighted by Gasteiger charge is -2.13. The molecule has 5 heteroatoms. The SMILES string of the molecule is C[C@H]1CCO[C@@H]1C(=O)Nc1cnccn1. The summed E-state index contributed by atoms with van der Waals surface area (Å²) in [6.07, 6.45) is 5.18. The number of nitrogens with one attached hydrogen (secondary N) is 1. The van der Waals surface area contributed by atoms with Crippen molar-refractivity contribution in [1.29, 1.82) is 0 Å². The van der Waals surface area contributed by atoms with E-state index in [4.69, 9.17) is 4.74 Å². The van der Waals surface area contributed by atoms with Gasteiger partial charge in [-0.15, -0.1) is 0 Å². The smallest absolute Gasteiger partial charge is 0.254 e. The lowest BCUT2D eigenvalue weighted by Crippen LogP contribution is -2.31. The second-order valence-electron chi connectivity index (χ2n) is 3.64. The molecule has 0 radical (unpaired) electrons. The van der Waals surface area contributed by atoms with Crippen molar-refractivity contribution in [2.75, 3.05) is 11.9 Å². The Morgan fingerprint density at radius 1 is 1.60 bits per heavy atom. The fourth-order valence-electron chi connectivity index (χ4n) is 1.59. The third-order valence-electron chi connectivity index (χ3n) is 2.46. The standard InChI is InChI=1S/C10H13N3O2/c1-7-2-5-15-9(7)10(14)13-8-6-11-3-4-12-8/h3-4,6-7,9H,2,5H2,1H3,(H,12,13,14)/t7-,9-/m0/s1. The van der Waals surface area contributed by atoms with Crippen molar-refractivity contribution in [3.05, 3.63) is 18.6 Å². The van der Waals surface area contributed by atoms with Gasteiger partial charge in [-0.25, -0.2) is 4.98 Å². The summed E-state index contributed by atoms with van der Waals surface area (Å²) in [7, 11) is 0. The highest BCUT2D eigenvalue weighted by atomic mass is 16.5. The van der Waals surface area contributed by atoms with Crippen LogP contribution in [0.4, 0.5) is 5.82 Å². The molecule has 1 amide bonds. The minimum absolute atomic E-state index is 0.138. The lowest BCUT2D eigenvalue weighted by molar-refractivity contribution is -0.126. The summed E-state index contributed by atoms with van der Waals surface area (Å²) in [5, 5.41) is 2.68. The molecule has 15 heavy (non-hydrogen) atoms. The average Bonchev–Trinajstić information content (AvgIpc) is 2.66. The summed E-state index contributed by atoms with van der Waals surface area (Å²) >= 11 is 0. The van der Waals surface area contributed by atoms with Crippen molar-refractivity contribution in [1.82, 2.24) is 9.97 Å². The van der Waals surface area contributed by atoms with Crippen molar-refractivity contribution in [2.45, 2.75) is 19.4 Å². The summed E-state index contributed by atoms with van der Waals surface area (Å²) in [6, 6.07) is 0. The van der Waals surface area contributed by atoms with Crippen molar-refractivity contribution in [3.63, 3.8) is 0 Å². The first-order valence-electron chi connectivity index (χ1n) is 4.96. The van der Waals surface area contributed by atoms with Crippen LogP contribution in [-0.2, 0) is 9.53 Å². The van der Waals surface area contributed by atoms with Crippen LogP contribution in [0, 0.1) is 5.92 Å². The highest BCUT2D eigenvalue weighted by Crippen LogP contribution is 2.20. The highest BCUT2D eigenvalue weighted by Gasteiger charge is 2.30. The number of hydrogen-bond acceptors (Lipinski definition) is 4. The van der Waals surface area contributed by atoms with E-state index in [2.05, 4.69) is 15.3 Å². The Morgan fingerprint density at radius 3 is 3.07 bits per heavy atom. The van der Waals surface area contributed by atoms with E-state index < -0.39 is 0 Å². The molecule has 0 bridgehead atoms. The van der Waals surface area contributed by atoms with E-state index in [0.717, 1.165) is 6.42 Å². The fourth-order valence-corrected chi connectivity index (χ4v) is 1.59. The predicted octanol–water partition coefficient (Wildman–Crippen LogP) is 0.840. The van der Waals surface area contributed by atoms with Gasteiger partial charge in [-0.1, -0.05) is 6.92 Å². The van der Waals surface area contributed by atoms with Gasteiger partial charge < -0.3 is 10.1 Å². The van der Waals surface area contributed by atoms with E-state index in [1.807, 2.05) is 6.92 Å². The van der Waals surface area contributed by atoms with Crippen molar-refractivity contribution < 1.29 is 9.53 Å². The highest BCUT2D eigenvalue weighted by molar-refractivity contribution is 5.93. The first-order valence-corrected chi connectivity index (χ1v) is 4.96. The molecule has 2 rings (SSSR count). The number of ether oxygens (including phenoxy) is 1. The number of hydrogen-bond donors (Lipinski definition) is 1. The Kier molecular flexibility index (Phi) is 2.91. The van der Waals surface area contributed by atoms with Gasteiger partial charge in [0.2, 0.25) is 0 Å². The Morgan fingerprint density at radius 2 is 2.47 bits per heavy atom. The predicted molar refractivity (Wildman–Crippen MR) is 54.2 cm³/mol. The summed E-state index contributed by atoms with van der Waals surface area (Å²) < 4.78 is 5.34. The van der Waals surface area contributed by atoms with Crippen LogP contribution in [-0.4, -0.2) is 28.6 Å². The number of aromatic nitrogens is 2. The fraction of sp³-hybridized carbons (Fsp3) is 0.500. The number of carbonyl (C=O) groups is 1. The third kappa shape index (κ3) is 2.30. The Balaban J connectivity index is 1.98. The minimum Gasteiger partial charge on any atom is -0.368 e.